The molecule has 15 heavy (non-hydrogen) atoms. The van der Waals surface area contributed by atoms with Gasteiger partial charge in [0, 0.05) is 23.9 Å². The zero-order chi connectivity index (χ0) is 10.7. The molecule has 0 bridgehead atoms. The van der Waals surface area contributed by atoms with Crippen LogP contribution in [0.3, 0.4) is 0 Å². The Hall–Kier alpha value is 0.270. The Morgan fingerprint density at radius 3 is 2.73 bits per heavy atom. The number of hydrogen-bond donors (Lipinski definition) is 1. The van der Waals surface area contributed by atoms with E-state index in [9.17, 15) is 0 Å². The second-order valence-electron chi connectivity index (χ2n) is 5.05. The Morgan fingerprint density at radius 1 is 1.40 bits per heavy atom. The van der Waals surface area contributed by atoms with Gasteiger partial charge in [0.15, 0.2) is 0 Å². The fraction of sp³-hybridized carbons (Fsp3) is 1.00. The van der Waals surface area contributed by atoms with E-state index in [1.54, 1.807) is 0 Å². The maximum Gasteiger partial charge on any atom is 0.0194 e. The van der Waals surface area contributed by atoms with Gasteiger partial charge in [-0.05, 0) is 45.0 Å². The highest BCUT2D eigenvalue weighted by Crippen LogP contribution is 2.26. The quantitative estimate of drug-likeness (QED) is 0.792. The Kier molecular flexibility index (Phi) is 4.35. The van der Waals surface area contributed by atoms with Crippen LogP contribution in [0.5, 0.6) is 0 Å². The minimum Gasteiger partial charge on any atom is -0.309 e. The van der Waals surface area contributed by atoms with Gasteiger partial charge in [0.1, 0.15) is 0 Å². The minimum absolute atomic E-state index is 0.661. The Balaban J connectivity index is 1.69. The van der Waals surface area contributed by atoms with Gasteiger partial charge in [0.2, 0.25) is 0 Å². The fourth-order valence-corrected chi connectivity index (χ4v) is 3.93. The van der Waals surface area contributed by atoms with Crippen LogP contribution in [0.15, 0.2) is 0 Å². The molecule has 0 amide bonds. The Morgan fingerprint density at radius 2 is 2.13 bits per heavy atom. The molecule has 0 aliphatic carbocycles. The summed E-state index contributed by atoms with van der Waals surface area (Å²) < 4.78 is 0. The summed E-state index contributed by atoms with van der Waals surface area (Å²) in [5, 5.41) is 4.60. The Bertz CT molecular complexity index is 192. The maximum absolute atomic E-state index is 3.79. The van der Waals surface area contributed by atoms with Gasteiger partial charge < -0.3 is 10.2 Å². The minimum atomic E-state index is 0.661. The first-order valence-electron chi connectivity index (χ1n) is 6.35. The first-order chi connectivity index (χ1) is 7.25. The van der Waals surface area contributed by atoms with Gasteiger partial charge in [0.05, 0.1) is 0 Å². The summed E-state index contributed by atoms with van der Waals surface area (Å²) in [5.41, 5.74) is 0. The topological polar surface area (TPSA) is 15.3 Å². The number of nitrogens with one attached hydrogen (secondary N) is 1. The van der Waals surface area contributed by atoms with E-state index in [-0.39, 0.29) is 0 Å². The van der Waals surface area contributed by atoms with Crippen molar-refractivity contribution in [2.75, 3.05) is 25.4 Å². The second-order valence-corrected chi connectivity index (χ2v) is 6.53. The zero-order valence-corrected chi connectivity index (χ0v) is 10.9. The maximum atomic E-state index is 3.79. The predicted molar refractivity (Wildman–Crippen MR) is 68.6 cm³/mol. The highest BCUT2D eigenvalue weighted by molar-refractivity contribution is 8.00. The van der Waals surface area contributed by atoms with Gasteiger partial charge in [-0.3, -0.25) is 0 Å². The Labute approximate surface area is 98.2 Å². The van der Waals surface area contributed by atoms with Crippen LogP contribution in [0.1, 0.15) is 33.1 Å². The van der Waals surface area contributed by atoms with Crippen LogP contribution in [0.25, 0.3) is 0 Å². The van der Waals surface area contributed by atoms with E-state index in [2.05, 4.69) is 35.8 Å². The third-order valence-electron chi connectivity index (χ3n) is 3.61. The lowest BCUT2D eigenvalue weighted by Crippen LogP contribution is -2.45. The standard InChI is InChI=1S/C12H24N2S/c1-10(9-14-6-3-4-7-14)13-12-5-8-15-11(12)2/h10-13H,3-9H2,1-2H3. The van der Waals surface area contributed by atoms with E-state index in [1.165, 1.54) is 44.6 Å². The molecule has 1 N–H and O–H groups in total. The first-order valence-corrected chi connectivity index (χ1v) is 7.40. The molecule has 2 rings (SSSR count). The summed E-state index contributed by atoms with van der Waals surface area (Å²) in [6.07, 6.45) is 4.17. The van der Waals surface area contributed by atoms with Crippen molar-refractivity contribution in [1.82, 2.24) is 10.2 Å². The second kappa shape index (κ2) is 5.55. The van der Waals surface area contributed by atoms with E-state index >= 15 is 0 Å². The molecule has 3 heteroatoms. The molecule has 0 aromatic heterocycles. The van der Waals surface area contributed by atoms with Crippen LogP contribution in [-0.2, 0) is 0 Å². The van der Waals surface area contributed by atoms with Crippen molar-refractivity contribution in [3.8, 4) is 0 Å². The molecule has 2 fully saturated rings. The summed E-state index contributed by atoms with van der Waals surface area (Å²) in [6, 6.07) is 1.42. The number of hydrogen-bond acceptors (Lipinski definition) is 3. The van der Waals surface area contributed by atoms with E-state index < -0.39 is 0 Å². The van der Waals surface area contributed by atoms with Gasteiger partial charge in [-0.25, -0.2) is 0 Å². The van der Waals surface area contributed by atoms with Gasteiger partial charge >= 0.3 is 0 Å². The normalized spacial score (nSPS) is 34.8. The van der Waals surface area contributed by atoms with E-state index in [1.807, 2.05) is 0 Å². The lowest BCUT2D eigenvalue weighted by molar-refractivity contribution is 0.285. The average molecular weight is 228 g/mol. The third-order valence-corrected chi connectivity index (χ3v) is 4.93. The average Bonchev–Trinajstić information content (AvgIpc) is 2.79. The molecule has 0 aromatic carbocycles. The van der Waals surface area contributed by atoms with Crippen LogP contribution in [0.2, 0.25) is 0 Å². The van der Waals surface area contributed by atoms with Gasteiger partial charge in [-0.1, -0.05) is 6.92 Å². The van der Waals surface area contributed by atoms with Crippen LogP contribution in [-0.4, -0.2) is 47.6 Å². The van der Waals surface area contributed by atoms with Crippen molar-refractivity contribution in [1.29, 1.82) is 0 Å². The summed E-state index contributed by atoms with van der Waals surface area (Å²) in [7, 11) is 0. The van der Waals surface area contributed by atoms with E-state index in [4.69, 9.17) is 0 Å². The number of likely N-dealkylation sites (tertiary alicyclic amines) is 1. The van der Waals surface area contributed by atoms with Crippen LogP contribution >= 0.6 is 11.8 Å². The molecular weight excluding hydrogens is 204 g/mol. The van der Waals surface area contributed by atoms with Crippen LogP contribution in [0, 0.1) is 0 Å². The molecule has 2 saturated heterocycles. The van der Waals surface area contributed by atoms with E-state index in [0.717, 1.165) is 11.3 Å². The molecule has 0 radical (unpaired) electrons. The third kappa shape index (κ3) is 3.36. The molecule has 2 nitrogen and oxygen atoms in total. The number of thioether (sulfide) groups is 1. The molecule has 88 valence electrons. The molecule has 2 heterocycles. The molecule has 3 atom stereocenters. The summed E-state index contributed by atoms with van der Waals surface area (Å²) in [5.74, 6) is 1.34. The van der Waals surface area contributed by atoms with Gasteiger partial charge in [-0.2, -0.15) is 11.8 Å². The number of rotatable bonds is 4. The molecule has 2 aliphatic rings. The highest BCUT2D eigenvalue weighted by Gasteiger charge is 2.25. The molecule has 3 unspecified atom stereocenters. The van der Waals surface area contributed by atoms with E-state index in [0.29, 0.717) is 6.04 Å². The van der Waals surface area contributed by atoms with Gasteiger partial charge in [0.25, 0.3) is 0 Å². The molecular formula is C12H24N2S. The largest absolute Gasteiger partial charge is 0.309 e. The SMILES string of the molecule is CC(CN1CCCC1)NC1CCSC1C. The van der Waals surface area contributed by atoms with Crippen LogP contribution < -0.4 is 5.32 Å². The molecule has 0 aromatic rings. The lowest BCUT2D eigenvalue weighted by Gasteiger charge is -2.26. The highest BCUT2D eigenvalue weighted by atomic mass is 32.2. The van der Waals surface area contributed by atoms with Crippen molar-refractivity contribution < 1.29 is 0 Å². The van der Waals surface area contributed by atoms with Crippen molar-refractivity contribution >= 4 is 11.8 Å². The van der Waals surface area contributed by atoms with Crippen molar-refractivity contribution in [2.45, 2.75) is 50.4 Å². The van der Waals surface area contributed by atoms with Crippen molar-refractivity contribution in [3.63, 3.8) is 0 Å². The zero-order valence-electron chi connectivity index (χ0n) is 10.0. The molecule has 2 aliphatic heterocycles. The summed E-state index contributed by atoms with van der Waals surface area (Å²) in [4.78, 5) is 2.60. The van der Waals surface area contributed by atoms with Crippen molar-refractivity contribution in [3.05, 3.63) is 0 Å². The lowest BCUT2D eigenvalue weighted by atomic mass is 10.1. The summed E-state index contributed by atoms with van der Waals surface area (Å²) >= 11 is 2.11. The van der Waals surface area contributed by atoms with Gasteiger partial charge in [-0.15, -0.1) is 0 Å². The molecule has 0 saturated carbocycles. The molecule has 0 spiro atoms. The smallest absolute Gasteiger partial charge is 0.0194 e. The number of nitrogens with zero attached hydrogens (tertiary/aromatic N) is 1. The monoisotopic (exact) mass is 228 g/mol. The van der Waals surface area contributed by atoms with Crippen LogP contribution in [0.4, 0.5) is 0 Å². The van der Waals surface area contributed by atoms with Crippen molar-refractivity contribution in [2.24, 2.45) is 0 Å². The fourth-order valence-electron chi connectivity index (χ4n) is 2.72. The first kappa shape index (κ1) is 11.7. The summed E-state index contributed by atoms with van der Waals surface area (Å²) in [6.45, 7) is 8.59. The predicted octanol–water partition coefficient (Wildman–Crippen LogP) is 1.95.